The second-order valence-electron chi connectivity index (χ2n) is 11.6. The molecule has 0 saturated carbocycles. The van der Waals surface area contributed by atoms with E-state index in [1.54, 1.807) is 32.9 Å². The second kappa shape index (κ2) is 14.9. The number of aliphatic hydroxyl groups is 1. The van der Waals surface area contributed by atoms with Crippen LogP contribution in [0.15, 0.2) is 48.8 Å². The molecule has 1 unspecified atom stereocenters. The monoisotopic (exact) mass is 684 g/mol. The average molecular weight is 685 g/mol. The molecule has 1 atom stereocenters. The van der Waals surface area contributed by atoms with Crippen LogP contribution in [0.25, 0.3) is 0 Å². The smallest absolute Gasteiger partial charge is 0.430 e. The number of nitrogens with two attached hydrogens (primary N) is 1. The molecular weight excluding hydrogens is 646 g/mol. The van der Waals surface area contributed by atoms with E-state index in [-0.39, 0.29) is 54.1 Å². The van der Waals surface area contributed by atoms with Crippen LogP contribution in [0, 0.1) is 0 Å². The molecular formula is C33H38F6N4O5. The third-order valence-corrected chi connectivity index (χ3v) is 7.65. The van der Waals surface area contributed by atoms with Gasteiger partial charge in [-0.2, -0.15) is 26.3 Å². The van der Waals surface area contributed by atoms with Crippen LogP contribution in [0.3, 0.4) is 0 Å². The van der Waals surface area contributed by atoms with Gasteiger partial charge in [0.15, 0.2) is 0 Å². The van der Waals surface area contributed by atoms with Gasteiger partial charge in [0.1, 0.15) is 11.5 Å². The van der Waals surface area contributed by atoms with E-state index in [2.05, 4.69) is 9.97 Å². The van der Waals surface area contributed by atoms with Crippen LogP contribution in [0.5, 0.6) is 17.4 Å². The van der Waals surface area contributed by atoms with Crippen LogP contribution in [-0.4, -0.2) is 51.3 Å². The molecule has 3 rings (SSSR count). The number of nitrogens with zero attached hydrogens (tertiary/aromatic N) is 3. The van der Waals surface area contributed by atoms with Crippen LogP contribution < -0.4 is 15.2 Å². The number of methoxy groups -OCH3 is 1. The van der Waals surface area contributed by atoms with Crippen molar-refractivity contribution in [2.45, 2.75) is 89.8 Å². The van der Waals surface area contributed by atoms with E-state index in [1.165, 1.54) is 38.6 Å². The van der Waals surface area contributed by atoms with Crippen molar-refractivity contribution < 1.29 is 50.5 Å². The predicted octanol–water partition coefficient (Wildman–Crippen LogP) is 6.63. The number of ether oxygens (including phenoxy) is 2. The van der Waals surface area contributed by atoms with Gasteiger partial charge in [0, 0.05) is 49.0 Å². The van der Waals surface area contributed by atoms with Gasteiger partial charge in [0.25, 0.3) is 5.60 Å². The first-order valence-corrected chi connectivity index (χ1v) is 15.0. The lowest BCUT2D eigenvalue weighted by Crippen LogP contribution is -2.54. The summed E-state index contributed by atoms with van der Waals surface area (Å²) in [5.41, 5.74) is -0.458. The number of pyridine rings is 2. The van der Waals surface area contributed by atoms with Crippen LogP contribution in [-0.2, 0) is 40.1 Å². The number of hydrogen-bond donors (Lipinski definition) is 2. The SMILES string of the molecule is CCCc1cc(C(O)(C(F)(F)F)C(F)(F)F)cc(CCC)c1Oc1ccnc(CN(C(C)=O)C(=O)CC(C)(N)c2ccc(OC)nc2)c1. The molecule has 15 heteroatoms. The molecule has 3 aromatic rings. The Morgan fingerprint density at radius 2 is 1.50 bits per heavy atom. The zero-order chi connectivity index (χ0) is 36.1. The van der Waals surface area contributed by atoms with E-state index >= 15 is 0 Å². The fraction of sp³-hybridized carbons (Fsp3) is 0.455. The fourth-order valence-corrected chi connectivity index (χ4v) is 5.10. The van der Waals surface area contributed by atoms with Gasteiger partial charge < -0.3 is 20.3 Å². The van der Waals surface area contributed by atoms with Gasteiger partial charge in [-0.25, -0.2) is 4.98 Å². The molecule has 262 valence electrons. The van der Waals surface area contributed by atoms with Gasteiger partial charge >= 0.3 is 12.4 Å². The zero-order valence-electron chi connectivity index (χ0n) is 27.1. The van der Waals surface area contributed by atoms with Gasteiger partial charge in [-0.1, -0.05) is 32.8 Å². The number of aryl methyl sites for hydroxylation is 2. The standard InChI is InChI=1S/C33H38F6N4O5/c1-6-8-21-14-24(31(46,32(34,35)36)33(37,38)39)15-22(9-7-2)29(21)48-26-12-13-41-25(16-26)19-43(20(3)44)28(45)17-30(4,40)23-10-11-27(47-5)42-18-23/h10-16,18,46H,6-9,17,19,40H2,1-5H3. The van der Waals surface area contributed by atoms with Gasteiger partial charge in [-0.3, -0.25) is 19.5 Å². The minimum atomic E-state index is -6.05. The summed E-state index contributed by atoms with van der Waals surface area (Å²) >= 11 is 0. The Hall–Kier alpha value is -4.24. The number of alkyl halides is 6. The summed E-state index contributed by atoms with van der Waals surface area (Å²) in [5, 5.41) is 10.1. The van der Waals surface area contributed by atoms with Gasteiger partial charge in [0.05, 0.1) is 19.3 Å². The highest BCUT2D eigenvalue weighted by atomic mass is 19.4. The number of carbonyl (C=O) groups excluding carboxylic acids is 2. The van der Waals surface area contributed by atoms with Gasteiger partial charge in [-0.05, 0) is 54.7 Å². The molecule has 1 aromatic carbocycles. The molecule has 0 radical (unpaired) electrons. The van der Waals surface area contributed by atoms with E-state index in [9.17, 15) is 41.0 Å². The third kappa shape index (κ3) is 8.42. The van der Waals surface area contributed by atoms with Crippen LogP contribution in [0.4, 0.5) is 26.3 Å². The summed E-state index contributed by atoms with van der Waals surface area (Å²) in [6.45, 7) is 5.89. The number of imide groups is 1. The molecule has 0 fully saturated rings. The Morgan fingerprint density at radius 1 is 0.917 bits per heavy atom. The molecule has 2 amide bonds. The summed E-state index contributed by atoms with van der Waals surface area (Å²) in [5.74, 6) is -0.705. The minimum absolute atomic E-state index is 0.0273. The molecule has 0 aliphatic rings. The molecule has 0 aliphatic heterocycles. The lowest BCUT2D eigenvalue weighted by molar-refractivity contribution is -0.376. The molecule has 0 bridgehead atoms. The summed E-state index contributed by atoms with van der Waals surface area (Å²) in [6.07, 6.45) is -8.82. The molecule has 0 spiro atoms. The van der Waals surface area contributed by atoms with E-state index in [1.807, 2.05) is 0 Å². The van der Waals surface area contributed by atoms with Crippen molar-refractivity contribution in [1.82, 2.24) is 14.9 Å². The van der Waals surface area contributed by atoms with Crippen molar-refractivity contribution in [2.75, 3.05) is 7.11 Å². The third-order valence-electron chi connectivity index (χ3n) is 7.65. The molecule has 48 heavy (non-hydrogen) atoms. The molecule has 0 aliphatic carbocycles. The largest absolute Gasteiger partial charge is 0.481 e. The first-order chi connectivity index (χ1) is 22.3. The first kappa shape index (κ1) is 38.2. The number of carbonyl (C=O) groups is 2. The highest BCUT2D eigenvalue weighted by Crippen LogP contribution is 2.51. The maximum absolute atomic E-state index is 13.8. The van der Waals surface area contributed by atoms with Crippen molar-refractivity contribution in [3.8, 4) is 17.4 Å². The molecule has 3 N–H and O–H groups in total. The van der Waals surface area contributed by atoms with Crippen molar-refractivity contribution >= 4 is 11.8 Å². The number of rotatable bonds is 13. The van der Waals surface area contributed by atoms with Gasteiger partial charge in [-0.15, -0.1) is 0 Å². The summed E-state index contributed by atoms with van der Waals surface area (Å²) in [6, 6.07) is 7.39. The number of halogens is 6. The fourth-order valence-electron chi connectivity index (χ4n) is 5.10. The molecule has 2 heterocycles. The van der Waals surface area contributed by atoms with E-state index in [4.69, 9.17) is 15.2 Å². The predicted molar refractivity (Wildman–Crippen MR) is 163 cm³/mol. The lowest BCUT2D eigenvalue weighted by Gasteiger charge is -2.33. The first-order valence-electron chi connectivity index (χ1n) is 15.0. The Balaban J connectivity index is 1.97. The maximum Gasteiger partial charge on any atom is 0.430 e. The van der Waals surface area contributed by atoms with E-state index in [0.29, 0.717) is 36.4 Å². The highest BCUT2D eigenvalue weighted by molar-refractivity contribution is 5.94. The Labute approximate surface area is 274 Å². The minimum Gasteiger partial charge on any atom is -0.481 e. The zero-order valence-corrected chi connectivity index (χ0v) is 27.1. The van der Waals surface area contributed by atoms with Crippen LogP contribution in [0.1, 0.15) is 74.9 Å². The van der Waals surface area contributed by atoms with Crippen molar-refractivity contribution in [3.05, 3.63) is 76.7 Å². The Kier molecular flexibility index (Phi) is 11.9. The average Bonchev–Trinajstić information content (AvgIpc) is 2.99. The van der Waals surface area contributed by atoms with E-state index in [0.717, 1.165) is 4.90 Å². The quantitative estimate of drug-likeness (QED) is 0.192. The summed E-state index contributed by atoms with van der Waals surface area (Å²) in [4.78, 5) is 35.1. The normalized spacial score (nSPS) is 13.5. The van der Waals surface area contributed by atoms with Gasteiger partial charge in [0.2, 0.25) is 17.7 Å². The highest BCUT2D eigenvalue weighted by Gasteiger charge is 2.71. The summed E-state index contributed by atoms with van der Waals surface area (Å²) < 4.78 is 93.7. The second-order valence-corrected chi connectivity index (χ2v) is 11.6. The number of amides is 2. The molecule has 0 saturated heterocycles. The van der Waals surface area contributed by atoms with Crippen molar-refractivity contribution in [1.29, 1.82) is 0 Å². The van der Waals surface area contributed by atoms with Crippen LogP contribution >= 0.6 is 0 Å². The Morgan fingerprint density at radius 3 is 1.96 bits per heavy atom. The number of aromatic nitrogens is 2. The molecule has 9 nitrogen and oxygen atoms in total. The van der Waals surface area contributed by atoms with E-state index < -0.39 is 40.9 Å². The summed E-state index contributed by atoms with van der Waals surface area (Å²) in [7, 11) is 1.45. The Bertz CT molecular complexity index is 1550. The van der Waals surface area contributed by atoms with Crippen molar-refractivity contribution in [3.63, 3.8) is 0 Å². The maximum atomic E-state index is 13.8. The van der Waals surface area contributed by atoms with Crippen molar-refractivity contribution in [2.24, 2.45) is 5.73 Å². The number of hydrogen-bond acceptors (Lipinski definition) is 8. The number of benzene rings is 1. The topological polar surface area (TPSA) is 128 Å². The molecule has 2 aromatic heterocycles. The lowest BCUT2D eigenvalue weighted by atomic mass is 9.87. The van der Waals surface area contributed by atoms with Crippen LogP contribution in [0.2, 0.25) is 0 Å².